The van der Waals surface area contributed by atoms with Crippen LogP contribution in [0, 0.1) is 5.41 Å². The van der Waals surface area contributed by atoms with E-state index in [1.807, 2.05) is 0 Å². The number of nitrogens with zero attached hydrogens (tertiary/aromatic N) is 1. The lowest BCUT2D eigenvalue weighted by atomic mass is 10.2. The van der Waals surface area contributed by atoms with Gasteiger partial charge < -0.3 is 5.32 Å². The number of carbonyl (C=O) groups excluding carboxylic acids is 1. The van der Waals surface area contributed by atoms with Gasteiger partial charge in [-0.3, -0.25) is 4.79 Å². The zero-order valence-corrected chi connectivity index (χ0v) is 13.7. The molecule has 1 saturated carbocycles. The molecule has 1 unspecified atom stereocenters. The van der Waals surface area contributed by atoms with Gasteiger partial charge in [-0.2, -0.15) is 4.31 Å². The molecule has 112 valence electrons. The SMILES string of the molecule is CCNC(=O)CN(CC)S(=O)(=O)CC1(C)CC1(Cl)Cl. The molecule has 0 spiro atoms. The van der Waals surface area contributed by atoms with Crippen LogP contribution in [0.4, 0.5) is 0 Å². The molecular weight excluding hydrogens is 311 g/mol. The highest BCUT2D eigenvalue weighted by Crippen LogP contribution is 2.64. The molecule has 1 aliphatic rings. The molecule has 19 heavy (non-hydrogen) atoms. The van der Waals surface area contributed by atoms with Crippen LogP contribution in [0.15, 0.2) is 0 Å². The Morgan fingerprint density at radius 1 is 1.37 bits per heavy atom. The standard InChI is InChI=1S/C11H20Cl2N2O3S/c1-4-14-9(16)6-15(5-2)19(17,18)8-10(3)7-11(10,12)13/h4-8H2,1-3H3,(H,14,16). The molecule has 0 aromatic heterocycles. The molecule has 0 aliphatic heterocycles. The van der Waals surface area contributed by atoms with Crippen LogP contribution in [0.5, 0.6) is 0 Å². The Hall–Kier alpha value is -0.0400. The second-order valence-electron chi connectivity index (χ2n) is 5.08. The lowest BCUT2D eigenvalue weighted by Gasteiger charge is -2.22. The van der Waals surface area contributed by atoms with Crippen molar-refractivity contribution in [2.24, 2.45) is 5.41 Å². The first-order valence-electron chi connectivity index (χ1n) is 6.20. The Morgan fingerprint density at radius 3 is 2.26 bits per heavy atom. The lowest BCUT2D eigenvalue weighted by Crippen LogP contribution is -2.43. The number of hydrogen-bond donors (Lipinski definition) is 1. The van der Waals surface area contributed by atoms with Gasteiger partial charge in [-0.25, -0.2) is 8.42 Å². The van der Waals surface area contributed by atoms with Crippen LogP contribution in [0.25, 0.3) is 0 Å². The molecule has 1 aliphatic carbocycles. The molecule has 0 radical (unpaired) electrons. The van der Waals surface area contributed by atoms with E-state index in [0.717, 1.165) is 4.31 Å². The number of hydrogen-bond acceptors (Lipinski definition) is 3. The predicted molar refractivity (Wildman–Crippen MR) is 76.9 cm³/mol. The number of rotatable bonds is 7. The van der Waals surface area contributed by atoms with E-state index in [0.29, 0.717) is 13.0 Å². The van der Waals surface area contributed by atoms with Crippen molar-refractivity contribution in [2.75, 3.05) is 25.4 Å². The number of carbonyl (C=O) groups is 1. The maximum atomic E-state index is 12.3. The Bertz CT molecular complexity index is 453. The van der Waals surface area contributed by atoms with Crippen molar-refractivity contribution in [3.05, 3.63) is 0 Å². The minimum atomic E-state index is -3.55. The number of halogens is 2. The van der Waals surface area contributed by atoms with Crippen molar-refractivity contribution in [1.29, 1.82) is 0 Å². The van der Waals surface area contributed by atoms with E-state index in [-0.39, 0.29) is 24.7 Å². The summed E-state index contributed by atoms with van der Waals surface area (Å²) in [5, 5.41) is 2.58. The quantitative estimate of drug-likeness (QED) is 0.716. The van der Waals surface area contributed by atoms with Gasteiger partial charge >= 0.3 is 0 Å². The molecule has 1 amide bonds. The molecule has 0 heterocycles. The monoisotopic (exact) mass is 330 g/mol. The fourth-order valence-electron chi connectivity index (χ4n) is 1.92. The van der Waals surface area contributed by atoms with Crippen LogP contribution in [-0.4, -0.2) is 48.4 Å². The zero-order chi connectivity index (χ0) is 14.9. The summed E-state index contributed by atoms with van der Waals surface area (Å²) in [5.74, 6) is -0.447. The largest absolute Gasteiger partial charge is 0.355 e. The highest BCUT2D eigenvalue weighted by atomic mass is 35.5. The summed E-state index contributed by atoms with van der Waals surface area (Å²) >= 11 is 11.9. The van der Waals surface area contributed by atoms with Crippen LogP contribution in [-0.2, 0) is 14.8 Å². The summed E-state index contributed by atoms with van der Waals surface area (Å²) in [6, 6.07) is 0. The van der Waals surface area contributed by atoms with Gasteiger partial charge in [0.2, 0.25) is 15.9 Å². The number of alkyl halides is 2. The molecule has 1 atom stereocenters. The van der Waals surface area contributed by atoms with E-state index in [2.05, 4.69) is 5.32 Å². The van der Waals surface area contributed by atoms with E-state index in [1.165, 1.54) is 0 Å². The highest BCUT2D eigenvalue weighted by Gasteiger charge is 2.64. The average molecular weight is 331 g/mol. The molecule has 1 fully saturated rings. The number of likely N-dealkylation sites (N-methyl/N-ethyl adjacent to an activating group) is 2. The molecule has 1 rings (SSSR count). The molecule has 1 N–H and O–H groups in total. The maximum absolute atomic E-state index is 12.3. The summed E-state index contributed by atoms with van der Waals surface area (Å²) in [5.41, 5.74) is -0.635. The highest BCUT2D eigenvalue weighted by molar-refractivity contribution is 7.89. The summed E-state index contributed by atoms with van der Waals surface area (Å²) < 4.78 is 24.7. The molecule has 8 heteroatoms. The third-order valence-electron chi connectivity index (χ3n) is 3.31. The van der Waals surface area contributed by atoms with Crippen molar-refractivity contribution in [2.45, 2.75) is 31.5 Å². The molecule has 0 bridgehead atoms. The Labute approximate surface area is 124 Å². The van der Waals surface area contributed by atoms with Crippen LogP contribution >= 0.6 is 23.2 Å². The van der Waals surface area contributed by atoms with Gasteiger partial charge in [0.05, 0.1) is 12.3 Å². The van der Waals surface area contributed by atoms with Crippen LogP contribution in [0.2, 0.25) is 0 Å². The van der Waals surface area contributed by atoms with Crippen LogP contribution in [0.1, 0.15) is 27.2 Å². The van der Waals surface area contributed by atoms with Crippen molar-refractivity contribution in [1.82, 2.24) is 9.62 Å². The number of amides is 1. The van der Waals surface area contributed by atoms with Gasteiger partial charge in [0.1, 0.15) is 4.33 Å². The second-order valence-corrected chi connectivity index (χ2v) is 8.53. The molecular formula is C11H20Cl2N2O3S. The van der Waals surface area contributed by atoms with Crippen LogP contribution in [0.3, 0.4) is 0 Å². The number of nitrogens with one attached hydrogen (secondary N) is 1. The van der Waals surface area contributed by atoms with E-state index in [4.69, 9.17) is 23.2 Å². The fraction of sp³-hybridized carbons (Fsp3) is 0.909. The molecule has 0 aromatic carbocycles. The first-order valence-corrected chi connectivity index (χ1v) is 8.57. The normalized spacial score (nSPS) is 25.4. The third-order valence-corrected chi connectivity index (χ3v) is 6.67. The topological polar surface area (TPSA) is 66.5 Å². The minimum absolute atomic E-state index is 0.139. The van der Waals surface area contributed by atoms with Gasteiger partial charge in [0.25, 0.3) is 0 Å². The van der Waals surface area contributed by atoms with Gasteiger partial charge in [-0.15, -0.1) is 23.2 Å². The zero-order valence-electron chi connectivity index (χ0n) is 11.4. The fourth-order valence-corrected chi connectivity index (χ4v) is 4.84. The minimum Gasteiger partial charge on any atom is -0.355 e. The summed E-state index contributed by atoms with van der Waals surface area (Å²) in [6.07, 6.45) is 0.445. The first-order chi connectivity index (χ1) is 8.58. The lowest BCUT2D eigenvalue weighted by molar-refractivity contribution is -0.121. The molecule has 0 saturated heterocycles. The van der Waals surface area contributed by atoms with Gasteiger partial charge in [-0.05, 0) is 13.3 Å². The summed E-state index contributed by atoms with van der Waals surface area (Å²) in [4.78, 5) is 11.5. The van der Waals surface area contributed by atoms with E-state index >= 15 is 0 Å². The van der Waals surface area contributed by atoms with Gasteiger partial charge in [0.15, 0.2) is 0 Å². The Morgan fingerprint density at radius 2 is 1.89 bits per heavy atom. The van der Waals surface area contributed by atoms with Crippen molar-refractivity contribution in [3.63, 3.8) is 0 Å². The Balaban J connectivity index is 2.72. The third kappa shape index (κ3) is 3.97. The summed E-state index contributed by atoms with van der Waals surface area (Å²) in [7, 11) is -3.55. The maximum Gasteiger partial charge on any atom is 0.235 e. The van der Waals surface area contributed by atoms with E-state index in [9.17, 15) is 13.2 Å². The summed E-state index contributed by atoms with van der Waals surface area (Å²) in [6.45, 7) is 5.77. The van der Waals surface area contributed by atoms with E-state index in [1.54, 1.807) is 20.8 Å². The van der Waals surface area contributed by atoms with Crippen molar-refractivity contribution < 1.29 is 13.2 Å². The second kappa shape index (κ2) is 5.76. The van der Waals surface area contributed by atoms with Gasteiger partial charge in [0, 0.05) is 18.5 Å². The average Bonchev–Trinajstić information content (AvgIpc) is 2.72. The Kier molecular flexibility index (Phi) is 5.15. The van der Waals surface area contributed by atoms with E-state index < -0.39 is 19.8 Å². The number of sulfonamides is 1. The predicted octanol–water partition coefficient (Wildman–Crippen LogP) is 1.36. The van der Waals surface area contributed by atoms with Crippen LogP contribution < -0.4 is 5.32 Å². The van der Waals surface area contributed by atoms with Crippen molar-refractivity contribution >= 4 is 39.1 Å². The first kappa shape index (κ1) is 17.0. The smallest absolute Gasteiger partial charge is 0.235 e. The molecule has 0 aromatic rings. The molecule has 5 nitrogen and oxygen atoms in total. The van der Waals surface area contributed by atoms with Crippen molar-refractivity contribution in [3.8, 4) is 0 Å². The van der Waals surface area contributed by atoms with Gasteiger partial charge in [-0.1, -0.05) is 13.8 Å².